The van der Waals surface area contributed by atoms with Crippen molar-refractivity contribution in [3.8, 4) is 0 Å². The van der Waals surface area contributed by atoms with Crippen LogP contribution in [0.4, 0.5) is 5.69 Å². The van der Waals surface area contributed by atoms with Gasteiger partial charge in [0.25, 0.3) is 0 Å². The number of nitrogens with one attached hydrogen (secondary N) is 1. The predicted molar refractivity (Wildman–Crippen MR) is 120 cm³/mol. The van der Waals surface area contributed by atoms with Gasteiger partial charge in [0.2, 0.25) is 15.9 Å². The normalized spacial score (nSPS) is 13.1. The number of sulfonamides is 1. The number of carbonyl (C=O) groups is 1. The average Bonchev–Trinajstić information content (AvgIpc) is 2.57. The molecule has 0 aromatic heterocycles. The second-order valence-corrected chi connectivity index (χ2v) is 10.8. The Bertz CT molecular complexity index is 964. The fraction of sp³-hybridized carbons (Fsp3) is 0.381. The van der Waals surface area contributed by atoms with Crippen LogP contribution in [0.3, 0.4) is 0 Å². The second-order valence-electron chi connectivity index (χ2n) is 8.06. The van der Waals surface area contributed by atoms with E-state index in [2.05, 4.69) is 26.1 Å². The number of halogens is 2. The Kier molecular flexibility index (Phi) is 7.25. The summed E-state index contributed by atoms with van der Waals surface area (Å²) in [6.45, 7) is 7.88. The molecule has 0 aliphatic rings. The highest BCUT2D eigenvalue weighted by Gasteiger charge is 2.23. The number of anilines is 1. The summed E-state index contributed by atoms with van der Waals surface area (Å²) in [5.41, 5.74) is 2.41. The van der Waals surface area contributed by atoms with Gasteiger partial charge in [-0.3, -0.25) is 9.10 Å². The van der Waals surface area contributed by atoms with Gasteiger partial charge in [-0.05, 0) is 41.7 Å². The predicted octanol–water partition coefficient (Wildman–Crippen LogP) is 4.93. The van der Waals surface area contributed by atoms with Gasteiger partial charge < -0.3 is 5.32 Å². The van der Waals surface area contributed by atoms with Crippen LogP contribution in [0.5, 0.6) is 0 Å². The highest BCUT2D eigenvalue weighted by atomic mass is 35.5. The molecule has 0 aliphatic carbocycles. The van der Waals surface area contributed by atoms with Crippen molar-refractivity contribution in [2.45, 2.75) is 39.2 Å². The van der Waals surface area contributed by atoms with Crippen molar-refractivity contribution in [3.05, 3.63) is 63.6 Å². The van der Waals surface area contributed by atoms with Crippen LogP contribution in [-0.2, 0) is 20.2 Å². The molecule has 0 spiro atoms. The van der Waals surface area contributed by atoms with Crippen LogP contribution in [-0.4, -0.2) is 27.1 Å². The van der Waals surface area contributed by atoms with E-state index in [4.69, 9.17) is 23.2 Å². The molecule has 2 aromatic rings. The zero-order valence-electron chi connectivity index (χ0n) is 17.2. The van der Waals surface area contributed by atoms with Crippen LogP contribution >= 0.6 is 23.2 Å². The van der Waals surface area contributed by atoms with E-state index >= 15 is 0 Å². The average molecular weight is 457 g/mol. The topological polar surface area (TPSA) is 66.5 Å². The van der Waals surface area contributed by atoms with Crippen LogP contribution in [0.2, 0.25) is 10.0 Å². The number of carbonyl (C=O) groups excluding carboxylic acids is 1. The first-order valence-electron chi connectivity index (χ1n) is 9.11. The summed E-state index contributed by atoms with van der Waals surface area (Å²) >= 11 is 12.0. The zero-order chi connectivity index (χ0) is 22.0. The maximum atomic E-state index is 12.6. The lowest BCUT2D eigenvalue weighted by molar-refractivity contribution is -0.120. The number of hydrogen-bond acceptors (Lipinski definition) is 3. The molecule has 0 bridgehead atoms. The minimum Gasteiger partial charge on any atom is -0.348 e. The first-order valence-corrected chi connectivity index (χ1v) is 11.7. The molecule has 0 saturated carbocycles. The van der Waals surface area contributed by atoms with Crippen molar-refractivity contribution >= 4 is 44.8 Å². The summed E-state index contributed by atoms with van der Waals surface area (Å²) in [4.78, 5) is 12.6. The van der Waals surface area contributed by atoms with Crippen molar-refractivity contribution < 1.29 is 13.2 Å². The molecular formula is C21H26Cl2N2O3S. The molecular weight excluding hydrogens is 431 g/mol. The minimum absolute atomic E-state index is 0.0409. The van der Waals surface area contributed by atoms with Gasteiger partial charge in [0.15, 0.2) is 0 Å². The molecule has 0 saturated heterocycles. The van der Waals surface area contributed by atoms with Crippen molar-refractivity contribution in [2.75, 3.05) is 17.1 Å². The third kappa shape index (κ3) is 6.63. The molecule has 0 aliphatic heterocycles. The van der Waals surface area contributed by atoms with E-state index in [1.807, 2.05) is 31.2 Å². The van der Waals surface area contributed by atoms with E-state index in [-0.39, 0.29) is 33.7 Å². The van der Waals surface area contributed by atoms with Gasteiger partial charge in [-0.25, -0.2) is 8.42 Å². The van der Waals surface area contributed by atoms with Crippen LogP contribution < -0.4 is 9.62 Å². The van der Waals surface area contributed by atoms with E-state index in [1.165, 1.54) is 23.8 Å². The molecule has 0 fully saturated rings. The van der Waals surface area contributed by atoms with Gasteiger partial charge in [-0.2, -0.15) is 0 Å². The molecule has 158 valence electrons. The van der Waals surface area contributed by atoms with E-state index in [1.54, 1.807) is 0 Å². The van der Waals surface area contributed by atoms with Crippen molar-refractivity contribution in [1.29, 1.82) is 0 Å². The molecule has 29 heavy (non-hydrogen) atoms. The number of benzene rings is 2. The summed E-state index contributed by atoms with van der Waals surface area (Å²) in [5.74, 6) is -0.432. The van der Waals surface area contributed by atoms with Crippen LogP contribution in [0, 0.1) is 0 Å². The summed E-state index contributed by atoms with van der Waals surface area (Å²) in [6, 6.07) is 12.1. The summed E-state index contributed by atoms with van der Waals surface area (Å²) < 4.78 is 25.5. The molecule has 8 heteroatoms. The van der Waals surface area contributed by atoms with Gasteiger partial charge >= 0.3 is 0 Å². The van der Waals surface area contributed by atoms with Gasteiger partial charge in [0.05, 0.1) is 18.0 Å². The van der Waals surface area contributed by atoms with E-state index in [9.17, 15) is 13.2 Å². The number of amides is 1. The van der Waals surface area contributed by atoms with Gasteiger partial charge in [-0.1, -0.05) is 68.2 Å². The number of rotatable bonds is 6. The Hall–Kier alpha value is -1.76. The highest BCUT2D eigenvalue weighted by molar-refractivity contribution is 7.92. The molecule has 1 N–H and O–H groups in total. The number of hydrogen-bond donors (Lipinski definition) is 1. The SMILES string of the molecule is C[C@H](NC(=O)CN(c1cc(Cl)cc(Cl)c1)S(C)(=O)=O)c1ccc(C(C)(C)C)cc1. The molecule has 2 rings (SSSR count). The highest BCUT2D eigenvalue weighted by Crippen LogP contribution is 2.27. The maximum absolute atomic E-state index is 12.6. The quantitative estimate of drug-likeness (QED) is 0.669. The fourth-order valence-electron chi connectivity index (χ4n) is 2.86. The number of nitrogens with zero attached hydrogens (tertiary/aromatic N) is 1. The third-order valence-corrected chi connectivity index (χ3v) is 6.05. The van der Waals surface area contributed by atoms with E-state index < -0.39 is 15.9 Å². The molecule has 5 nitrogen and oxygen atoms in total. The smallest absolute Gasteiger partial charge is 0.241 e. The first-order chi connectivity index (χ1) is 13.3. The van der Waals surface area contributed by atoms with Gasteiger partial charge in [0.1, 0.15) is 6.54 Å². The Morgan fingerprint density at radius 1 is 1.07 bits per heavy atom. The first kappa shape index (κ1) is 23.5. The molecule has 1 atom stereocenters. The lowest BCUT2D eigenvalue weighted by Gasteiger charge is -2.24. The van der Waals surface area contributed by atoms with E-state index in [0.717, 1.165) is 16.1 Å². The Labute approximate surface area is 183 Å². The van der Waals surface area contributed by atoms with Crippen molar-refractivity contribution in [3.63, 3.8) is 0 Å². The maximum Gasteiger partial charge on any atom is 0.241 e. The van der Waals surface area contributed by atoms with Crippen molar-refractivity contribution in [2.24, 2.45) is 0 Å². The van der Waals surface area contributed by atoms with Crippen LogP contribution in [0.25, 0.3) is 0 Å². The molecule has 0 unspecified atom stereocenters. The lowest BCUT2D eigenvalue weighted by atomic mass is 9.86. The fourth-order valence-corrected chi connectivity index (χ4v) is 4.21. The van der Waals surface area contributed by atoms with E-state index in [0.29, 0.717) is 0 Å². The Morgan fingerprint density at radius 3 is 2.03 bits per heavy atom. The van der Waals surface area contributed by atoms with Crippen LogP contribution in [0.15, 0.2) is 42.5 Å². The van der Waals surface area contributed by atoms with Gasteiger partial charge in [0, 0.05) is 10.0 Å². The Morgan fingerprint density at radius 2 is 1.59 bits per heavy atom. The minimum atomic E-state index is -3.71. The standard InChI is InChI=1S/C21H26Cl2N2O3S/c1-14(15-6-8-16(9-7-15)21(2,3)4)24-20(26)13-25(29(5,27)28)19-11-17(22)10-18(23)12-19/h6-12,14H,13H2,1-5H3,(H,24,26)/t14-/m0/s1. The third-order valence-electron chi connectivity index (χ3n) is 4.48. The summed E-state index contributed by atoms with van der Waals surface area (Å²) in [7, 11) is -3.71. The summed E-state index contributed by atoms with van der Waals surface area (Å²) in [6.07, 6.45) is 1.03. The lowest BCUT2D eigenvalue weighted by Crippen LogP contribution is -2.41. The summed E-state index contributed by atoms with van der Waals surface area (Å²) in [5, 5.41) is 3.42. The largest absolute Gasteiger partial charge is 0.348 e. The second kappa shape index (κ2) is 8.94. The molecule has 1 amide bonds. The Balaban J connectivity index is 2.16. The van der Waals surface area contributed by atoms with Crippen molar-refractivity contribution in [1.82, 2.24) is 5.32 Å². The van der Waals surface area contributed by atoms with Crippen LogP contribution in [0.1, 0.15) is 44.9 Å². The van der Waals surface area contributed by atoms with Gasteiger partial charge in [-0.15, -0.1) is 0 Å². The molecule has 0 radical (unpaired) electrons. The molecule has 0 heterocycles. The zero-order valence-corrected chi connectivity index (χ0v) is 19.5. The molecule has 2 aromatic carbocycles. The monoisotopic (exact) mass is 456 g/mol.